The highest BCUT2D eigenvalue weighted by atomic mass is 16.3. The van der Waals surface area contributed by atoms with Crippen molar-refractivity contribution >= 4 is 5.91 Å². The molecule has 0 aromatic carbocycles. The first-order valence-corrected chi connectivity index (χ1v) is 5.26. The summed E-state index contributed by atoms with van der Waals surface area (Å²) in [5, 5.41) is 24.1. The second kappa shape index (κ2) is 4.47. The molecule has 0 saturated carbocycles. The predicted molar refractivity (Wildman–Crippen MR) is 56.4 cm³/mol. The Morgan fingerprint density at radius 1 is 1.67 bits per heavy atom. The van der Waals surface area contributed by atoms with E-state index in [4.69, 9.17) is 5.11 Å². The van der Waals surface area contributed by atoms with Crippen LogP contribution in [0.25, 0.3) is 0 Å². The summed E-state index contributed by atoms with van der Waals surface area (Å²) in [4.78, 5) is 11.8. The van der Waals surface area contributed by atoms with Gasteiger partial charge in [-0.05, 0) is 33.2 Å². The van der Waals surface area contributed by atoms with Gasteiger partial charge in [-0.15, -0.1) is 0 Å². The summed E-state index contributed by atoms with van der Waals surface area (Å²) < 4.78 is 0. The summed E-state index contributed by atoms with van der Waals surface area (Å²) in [5.41, 5.74) is -1.77. The lowest BCUT2D eigenvalue weighted by Crippen LogP contribution is -2.54. The third-order valence-electron chi connectivity index (χ3n) is 2.84. The smallest absolute Gasteiger partial charge is 0.240 e. The summed E-state index contributed by atoms with van der Waals surface area (Å²) in [5.74, 6) is -0.117. The standard InChI is InChI=1S/C10H20N2O3/c1-9(15,7-13)6-11-8(14)10(2)4-3-5-12-10/h12-13,15H,3-7H2,1-2H3,(H,11,14). The van der Waals surface area contributed by atoms with Crippen molar-refractivity contribution in [3.05, 3.63) is 0 Å². The number of aliphatic hydroxyl groups is 2. The molecule has 1 rings (SSSR count). The zero-order chi connectivity index (χ0) is 11.5. The van der Waals surface area contributed by atoms with E-state index in [-0.39, 0.29) is 19.1 Å². The Bertz CT molecular complexity index is 235. The monoisotopic (exact) mass is 216 g/mol. The Hall–Kier alpha value is -0.650. The van der Waals surface area contributed by atoms with E-state index >= 15 is 0 Å². The Morgan fingerprint density at radius 3 is 2.80 bits per heavy atom. The minimum absolute atomic E-state index is 0.0691. The van der Waals surface area contributed by atoms with Gasteiger partial charge in [0.2, 0.25) is 5.91 Å². The van der Waals surface area contributed by atoms with E-state index in [9.17, 15) is 9.90 Å². The van der Waals surface area contributed by atoms with E-state index in [2.05, 4.69) is 10.6 Å². The summed E-state index contributed by atoms with van der Waals surface area (Å²) in [6.45, 7) is 3.89. The van der Waals surface area contributed by atoms with Gasteiger partial charge in [0.25, 0.3) is 0 Å². The molecule has 1 heterocycles. The van der Waals surface area contributed by atoms with Gasteiger partial charge in [-0.3, -0.25) is 4.79 Å². The average molecular weight is 216 g/mol. The molecule has 1 aliphatic rings. The highest BCUT2D eigenvalue weighted by Crippen LogP contribution is 2.18. The SMILES string of the molecule is CC(O)(CO)CNC(=O)C1(C)CCCN1. The van der Waals surface area contributed by atoms with Gasteiger partial charge in [0, 0.05) is 6.54 Å². The van der Waals surface area contributed by atoms with Gasteiger partial charge in [-0.2, -0.15) is 0 Å². The molecule has 5 heteroatoms. The van der Waals surface area contributed by atoms with Gasteiger partial charge in [0.05, 0.1) is 12.1 Å². The molecule has 4 N–H and O–H groups in total. The normalized spacial score (nSPS) is 29.9. The summed E-state index contributed by atoms with van der Waals surface area (Å²) in [6, 6.07) is 0. The van der Waals surface area contributed by atoms with Gasteiger partial charge in [-0.1, -0.05) is 0 Å². The molecule has 0 aromatic heterocycles. The number of aliphatic hydroxyl groups excluding tert-OH is 1. The Morgan fingerprint density at radius 2 is 2.33 bits per heavy atom. The van der Waals surface area contributed by atoms with Crippen LogP contribution in [-0.2, 0) is 4.79 Å². The van der Waals surface area contributed by atoms with Crippen LogP contribution < -0.4 is 10.6 Å². The zero-order valence-corrected chi connectivity index (χ0v) is 9.34. The molecule has 1 fully saturated rings. The highest BCUT2D eigenvalue weighted by molar-refractivity contribution is 5.86. The van der Waals surface area contributed by atoms with Crippen molar-refractivity contribution in [2.45, 2.75) is 37.8 Å². The molecule has 2 atom stereocenters. The molecular formula is C10H20N2O3. The molecule has 0 bridgehead atoms. The maximum atomic E-state index is 11.8. The fourth-order valence-electron chi connectivity index (χ4n) is 1.61. The number of carbonyl (C=O) groups is 1. The maximum absolute atomic E-state index is 11.8. The second-order valence-electron chi connectivity index (χ2n) is 4.70. The van der Waals surface area contributed by atoms with Crippen molar-refractivity contribution in [3.63, 3.8) is 0 Å². The average Bonchev–Trinajstić information content (AvgIpc) is 2.63. The zero-order valence-electron chi connectivity index (χ0n) is 9.34. The van der Waals surface area contributed by atoms with Crippen LogP contribution in [0.15, 0.2) is 0 Å². The van der Waals surface area contributed by atoms with Crippen molar-refractivity contribution in [1.29, 1.82) is 0 Å². The molecule has 0 aliphatic carbocycles. The third kappa shape index (κ3) is 3.15. The van der Waals surface area contributed by atoms with Crippen molar-refractivity contribution < 1.29 is 15.0 Å². The van der Waals surface area contributed by atoms with Crippen LogP contribution in [0.3, 0.4) is 0 Å². The maximum Gasteiger partial charge on any atom is 0.240 e. The topological polar surface area (TPSA) is 81.6 Å². The van der Waals surface area contributed by atoms with Crippen LogP contribution in [-0.4, -0.2) is 47.0 Å². The van der Waals surface area contributed by atoms with Gasteiger partial charge >= 0.3 is 0 Å². The first-order chi connectivity index (χ1) is 6.90. The van der Waals surface area contributed by atoms with Crippen molar-refractivity contribution in [1.82, 2.24) is 10.6 Å². The Labute approximate surface area is 89.9 Å². The van der Waals surface area contributed by atoms with Crippen LogP contribution in [0.4, 0.5) is 0 Å². The Balaban J connectivity index is 2.42. The molecule has 0 spiro atoms. The van der Waals surface area contributed by atoms with Crippen molar-refractivity contribution in [2.24, 2.45) is 0 Å². The van der Waals surface area contributed by atoms with E-state index in [1.807, 2.05) is 6.92 Å². The molecule has 0 radical (unpaired) electrons. The first kappa shape index (κ1) is 12.4. The van der Waals surface area contributed by atoms with E-state index in [0.29, 0.717) is 0 Å². The molecule has 0 aromatic rings. The number of amides is 1. The second-order valence-corrected chi connectivity index (χ2v) is 4.70. The van der Waals surface area contributed by atoms with E-state index < -0.39 is 11.1 Å². The summed E-state index contributed by atoms with van der Waals surface area (Å²) in [7, 11) is 0. The van der Waals surface area contributed by atoms with Crippen LogP contribution in [0.1, 0.15) is 26.7 Å². The molecule has 15 heavy (non-hydrogen) atoms. The fraction of sp³-hybridized carbons (Fsp3) is 0.900. The van der Waals surface area contributed by atoms with Gasteiger partial charge in [0.15, 0.2) is 0 Å². The molecular weight excluding hydrogens is 196 g/mol. The summed E-state index contributed by atoms with van der Waals surface area (Å²) >= 11 is 0. The molecule has 1 aliphatic heterocycles. The number of carbonyl (C=O) groups excluding carboxylic acids is 1. The van der Waals surface area contributed by atoms with Crippen molar-refractivity contribution in [2.75, 3.05) is 19.7 Å². The van der Waals surface area contributed by atoms with Crippen molar-refractivity contribution in [3.8, 4) is 0 Å². The minimum Gasteiger partial charge on any atom is -0.393 e. The molecule has 88 valence electrons. The molecule has 1 amide bonds. The van der Waals surface area contributed by atoms with E-state index in [1.165, 1.54) is 6.92 Å². The largest absolute Gasteiger partial charge is 0.393 e. The van der Waals surface area contributed by atoms with Crippen LogP contribution >= 0.6 is 0 Å². The van der Waals surface area contributed by atoms with E-state index in [0.717, 1.165) is 19.4 Å². The first-order valence-electron chi connectivity index (χ1n) is 5.26. The quantitative estimate of drug-likeness (QED) is 0.485. The lowest BCUT2D eigenvalue weighted by Gasteiger charge is -2.26. The number of rotatable bonds is 4. The number of hydrogen-bond donors (Lipinski definition) is 4. The highest BCUT2D eigenvalue weighted by Gasteiger charge is 2.36. The predicted octanol–water partition coefficient (Wildman–Crippen LogP) is -1.01. The Kier molecular flexibility index (Phi) is 3.70. The fourth-order valence-corrected chi connectivity index (χ4v) is 1.61. The summed E-state index contributed by atoms with van der Waals surface area (Å²) in [6.07, 6.45) is 1.79. The third-order valence-corrected chi connectivity index (χ3v) is 2.84. The lowest BCUT2D eigenvalue weighted by molar-refractivity contribution is -0.128. The van der Waals surface area contributed by atoms with Gasteiger partial charge < -0.3 is 20.8 Å². The number of hydrogen-bond acceptors (Lipinski definition) is 4. The van der Waals surface area contributed by atoms with Gasteiger partial charge in [-0.25, -0.2) is 0 Å². The number of nitrogens with one attached hydrogen (secondary N) is 2. The van der Waals surface area contributed by atoms with Crippen LogP contribution in [0.2, 0.25) is 0 Å². The lowest BCUT2D eigenvalue weighted by atomic mass is 9.98. The minimum atomic E-state index is -1.25. The molecule has 2 unspecified atom stereocenters. The van der Waals surface area contributed by atoms with Gasteiger partial charge in [0.1, 0.15) is 5.60 Å². The molecule has 5 nitrogen and oxygen atoms in total. The van der Waals surface area contributed by atoms with Crippen LogP contribution in [0.5, 0.6) is 0 Å². The van der Waals surface area contributed by atoms with Crippen LogP contribution in [0, 0.1) is 0 Å². The van der Waals surface area contributed by atoms with E-state index in [1.54, 1.807) is 0 Å². The molecule has 1 saturated heterocycles.